The summed E-state index contributed by atoms with van der Waals surface area (Å²) in [6.07, 6.45) is 0. The smallest absolute Gasteiger partial charge is 0.330 e. The summed E-state index contributed by atoms with van der Waals surface area (Å²) in [6, 6.07) is 7.52. The SMILES string of the molecule is CCNC(C)(C(=O)OCC)c1ccc(OCC)cc1. The Bertz CT molecular complexity index is 402. The van der Waals surface area contributed by atoms with Gasteiger partial charge in [0.1, 0.15) is 11.3 Å². The standard InChI is InChI=1S/C15H23NO3/c1-5-16-15(4,14(17)19-7-3)12-8-10-13(11-9-12)18-6-2/h8-11,16H,5-7H2,1-4H3. The van der Waals surface area contributed by atoms with Crippen molar-refractivity contribution in [2.75, 3.05) is 19.8 Å². The van der Waals surface area contributed by atoms with Crippen LogP contribution in [-0.2, 0) is 15.1 Å². The molecule has 0 saturated heterocycles. The van der Waals surface area contributed by atoms with Crippen molar-refractivity contribution in [1.29, 1.82) is 0 Å². The number of ether oxygens (including phenoxy) is 2. The fraction of sp³-hybridized carbons (Fsp3) is 0.533. The molecule has 0 fully saturated rings. The molecule has 0 amide bonds. The first-order valence-electron chi connectivity index (χ1n) is 6.74. The van der Waals surface area contributed by atoms with Gasteiger partial charge in [-0.3, -0.25) is 5.32 Å². The average molecular weight is 265 g/mol. The molecule has 1 aromatic carbocycles. The monoisotopic (exact) mass is 265 g/mol. The van der Waals surface area contributed by atoms with Gasteiger partial charge >= 0.3 is 5.97 Å². The van der Waals surface area contributed by atoms with Crippen LogP contribution in [0, 0.1) is 0 Å². The quantitative estimate of drug-likeness (QED) is 0.769. The number of hydrogen-bond acceptors (Lipinski definition) is 4. The number of nitrogens with one attached hydrogen (secondary N) is 1. The van der Waals surface area contributed by atoms with Gasteiger partial charge in [-0.15, -0.1) is 0 Å². The highest BCUT2D eigenvalue weighted by Crippen LogP contribution is 2.25. The molecule has 4 heteroatoms. The third-order valence-electron chi connectivity index (χ3n) is 2.96. The number of benzene rings is 1. The molecule has 0 saturated carbocycles. The maximum Gasteiger partial charge on any atom is 0.330 e. The molecule has 1 aromatic rings. The van der Waals surface area contributed by atoms with Crippen LogP contribution in [0.15, 0.2) is 24.3 Å². The molecule has 106 valence electrons. The maximum atomic E-state index is 12.2. The summed E-state index contributed by atoms with van der Waals surface area (Å²) in [5.74, 6) is 0.537. The van der Waals surface area contributed by atoms with E-state index < -0.39 is 5.54 Å². The van der Waals surface area contributed by atoms with Gasteiger partial charge in [-0.05, 0) is 45.0 Å². The molecule has 0 heterocycles. The van der Waals surface area contributed by atoms with E-state index >= 15 is 0 Å². The summed E-state index contributed by atoms with van der Waals surface area (Å²) in [7, 11) is 0. The molecule has 4 nitrogen and oxygen atoms in total. The van der Waals surface area contributed by atoms with E-state index in [9.17, 15) is 4.79 Å². The average Bonchev–Trinajstić information content (AvgIpc) is 2.40. The zero-order valence-electron chi connectivity index (χ0n) is 12.2. The molecule has 1 unspecified atom stereocenters. The Morgan fingerprint density at radius 1 is 1.16 bits per heavy atom. The first-order valence-corrected chi connectivity index (χ1v) is 6.74. The molecule has 0 bridgehead atoms. The van der Waals surface area contributed by atoms with Crippen molar-refractivity contribution in [1.82, 2.24) is 5.32 Å². The van der Waals surface area contributed by atoms with Crippen molar-refractivity contribution in [3.05, 3.63) is 29.8 Å². The van der Waals surface area contributed by atoms with Gasteiger partial charge in [0.05, 0.1) is 13.2 Å². The molecule has 1 atom stereocenters. The second-order valence-corrected chi connectivity index (χ2v) is 4.33. The predicted octanol–water partition coefficient (Wildman–Crippen LogP) is 2.47. The van der Waals surface area contributed by atoms with Crippen LogP contribution in [0.25, 0.3) is 0 Å². The Kier molecular flexibility index (Phi) is 5.83. The molecule has 0 aliphatic carbocycles. The molecule has 0 spiro atoms. The van der Waals surface area contributed by atoms with Crippen molar-refractivity contribution >= 4 is 5.97 Å². The molecular weight excluding hydrogens is 242 g/mol. The topological polar surface area (TPSA) is 47.6 Å². The van der Waals surface area contributed by atoms with E-state index in [4.69, 9.17) is 9.47 Å². The van der Waals surface area contributed by atoms with Gasteiger partial charge in [0.25, 0.3) is 0 Å². The lowest BCUT2D eigenvalue weighted by Gasteiger charge is -2.28. The first-order chi connectivity index (χ1) is 9.08. The van der Waals surface area contributed by atoms with Crippen molar-refractivity contribution < 1.29 is 14.3 Å². The van der Waals surface area contributed by atoms with Crippen LogP contribution in [-0.4, -0.2) is 25.7 Å². The van der Waals surface area contributed by atoms with Crippen molar-refractivity contribution in [3.63, 3.8) is 0 Å². The van der Waals surface area contributed by atoms with Gasteiger partial charge < -0.3 is 9.47 Å². The van der Waals surface area contributed by atoms with Crippen LogP contribution >= 0.6 is 0 Å². The van der Waals surface area contributed by atoms with Gasteiger partial charge in [0, 0.05) is 0 Å². The van der Waals surface area contributed by atoms with Crippen LogP contribution in [0.5, 0.6) is 5.75 Å². The Hall–Kier alpha value is -1.55. The molecule has 1 N–H and O–H groups in total. The highest BCUT2D eigenvalue weighted by atomic mass is 16.5. The summed E-state index contributed by atoms with van der Waals surface area (Å²) < 4.78 is 10.6. The minimum Gasteiger partial charge on any atom is -0.494 e. The van der Waals surface area contributed by atoms with Crippen LogP contribution in [0.4, 0.5) is 0 Å². The molecule has 1 rings (SSSR count). The molecular formula is C15H23NO3. The van der Waals surface area contributed by atoms with E-state index in [1.165, 1.54) is 0 Å². The molecule has 0 aliphatic rings. The zero-order valence-corrected chi connectivity index (χ0v) is 12.2. The normalized spacial score (nSPS) is 13.7. The Labute approximate surface area is 115 Å². The number of carbonyl (C=O) groups excluding carboxylic acids is 1. The third kappa shape index (κ3) is 3.70. The number of hydrogen-bond donors (Lipinski definition) is 1. The van der Waals surface area contributed by atoms with Crippen LogP contribution in [0.2, 0.25) is 0 Å². The van der Waals surface area contributed by atoms with Gasteiger partial charge in [-0.25, -0.2) is 4.79 Å². The van der Waals surface area contributed by atoms with Gasteiger partial charge in [0.2, 0.25) is 0 Å². The summed E-state index contributed by atoms with van der Waals surface area (Å²) in [5.41, 5.74) is 0.0476. The van der Waals surface area contributed by atoms with E-state index in [0.717, 1.165) is 11.3 Å². The molecule has 0 aliphatic heterocycles. The van der Waals surface area contributed by atoms with E-state index in [1.54, 1.807) is 0 Å². The number of likely N-dealkylation sites (N-methyl/N-ethyl adjacent to an activating group) is 1. The third-order valence-corrected chi connectivity index (χ3v) is 2.96. The Morgan fingerprint density at radius 3 is 2.26 bits per heavy atom. The second kappa shape index (κ2) is 7.14. The number of carbonyl (C=O) groups is 1. The number of rotatable bonds is 7. The van der Waals surface area contributed by atoms with Crippen molar-refractivity contribution in [2.24, 2.45) is 0 Å². The maximum absolute atomic E-state index is 12.2. The first kappa shape index (κ1) is 15.5. The number of esters is 1. The lowest BCUT2D eigenvalue weighted by molar-refractivity contribution is -0.151. The lowest BCUT2D eigenvalue weighted by Crippen LogP contribution is -2.47. The fourth-order valence-corrected chi connectivity index (χ4v) is 1.97. The van der Waals surface area contributed by atoms with E-state index in [-0.39, 0.29) is 5.97 Å². The van der Waals surface area contributed by atoms with Gasteiger partial charge in [-0.2, -0.15) is 0 Å². The molecule has 0 radical (unpaired) electrons. The molecule has 19 heavy (non-hydrogen) atoms. The van der Waals surface area contributed by atoms with E-state index in [0.29, 0.717) is 19.8 Å². The van der Waals surface area contributed by atoms with Crippen LogP contribution < -0.4 is 10.1 Å². The lowest BCUT2D eigenvalue weighted by atomic mass is 9.92. The summed E-state index contributed by atoms with van der Waals surface area (Å²) in [5, 5.41) is 3.20. The minimum atomic E-state index is -0.824. The van der Waals surface area contributed by atoms with Gasteiger partial charge in [0.15, 0.2) is 0 Å². The van der Waals surface area contributed by atoms with E-state index in [2.05, 4.69) is 5.32 Å². The minimum absolute atomic E-state index is 0.263. The largest absolute Gasteiger partial charge is 0.494 e. The fourth-order valence-electron chi connectivity index (χ4n) is 1.97. The zero-order chi connectivity index (χ0) is 14.3. The summed E-state index contributed by atoms with van der Waals surface area (Å²) >= 11 is 0. The van der Waals surface area contributed by atoms with Gasteiger partial charge in [-0.1, -0.05) is 19.1 Å². The molecule has 0 aromatic heterocycles. The Balaban J connectivity index is 3.00. The highest BCUT2D eigenvalue weighted by Gasteiger charge is 2.35. The second-order valence-electron chi connectivity index (χ2n) is 4.33. The van der Waals surface area contributed by atoms with E-state index in [1.807, 2.05) is 52.0 Å². The summed E-state index contributed by atoms with van der Waals surface area (Å²) in [6.45, 7) is 9.23. The van der Waals surface area contributed by atoms with Crippen molar-refractivity contribution in [3.8, 4) is 5.75 Å². The predicted molar refractivity (Wildman–Crippen MR) is 75.3 cm³/mol. The van der Waals surface area contributed by atoms with Crippen LogP contribution in [0.3, 0.4) is 0 Å². The Morgan fingerprint density at radius 2 is 1.79 bits per heavy atom. The summed E-state index contributed by atoms with van der Waals surface area (Å²) in [4.78, 5) is 12.2. The van der Waals surface area contributed by atoms with Crippen molar-refractivity contribution in [2.45, 2.75) is 33.2 Å². The highest BCUT2D eigenvalue weighted by molar-refractivity contribution is 5.82. The van der Waals surface area contributed by atoms with Crippen LogP contribution in [0.1, 0.15) is 33.3 Å².